The number of anilines is 1. The van der Waals surface area contributed by atoms with Crippen LogP contribution in [0, 0.1) is 6.92 Å². The average molecular weight is 430 g/mol. The highest BCUT2D eigenvalue weighted by Crippen LogP contribution is 2.33. The number of aryl methyl sites for hydroxylation is 1. The Bertz CT molecular complexity index is 1020. The van der Waals surface area contributed by atoms with Gasteiger partial charge in [-0.05, 0) is 26.3 Å². The predicted molar refractivity (Wildman–Crippen MR) is 119 cm³/mol. The monoisotopic (exact) mass is 429 g/mol. The van der Waals surface area contributed by atoms with Crippen LogP contribution < -0.4 is 20.5 Å². The van der Waals surface area contributed by atoms with Crippen LogP contribution in [0.1, 0.15) is 18.7 Å². The molecule has 0 unspecified atom stereocenters. The number of aromatic nitrogens is 4. The molecule has 0 spiro atoms. The summed E-state index contributed by atoms with van der Waals surface area (Å²) in [4.78, 5) is 7.13. The number of hydrogen-bond acceptors (Lipinski definition) is 9. The molecule has 0 atom stereocenters. The number of methoxy groups -OCH3 is 1. The molecule has 2 aromatic heterocycles. The van der Waals surface area contributed by atoms with E-state index in [9.17, 15) is 0 Å². The highest BCUT2D eigenvalue weighted by atomic mass is 16.5. The van der Waals surface area contributed by atoms with Crippen LogP contribution in [0.4, 0.5) is 5.82 Å². The first kappa shape index (κ1) is 21.5. The lowest BCUT2D eigenvalue weighted by Gasteiger charge is -2.26. The number of hydrogen-bond donors (Lipinski definition) is 2. The van der Waals surface area contributed by atoms with Gasteiger partial charge in [0.1, 0.15) is 12.4 Å². The van der Waals surface area contributed by atoms with Gasteiger partial charge >= 0.3 is 0 Å². The molecule has 0 saturated carbocycles. The lowest BCUT2D eigenvalue weighted by molar-refractivity contribution is 0.0321. The largest absolute Gasteiger partial charge is 0.493 e. The van der Waals surface area contributed by atoms with Crippen LogP contribution in [-0.2, 0) is 4.74 Å². The first-order valence-corrected chi connectivity index (χ1v) is 10.8. The molecule has 0 aliphatic carbocycles. The minimum Gasteiger partial charge on any atom is -0.493 e. The second-order valence-corrected chi connectivity index (χ2v) is 7.58. The van der Waals surface area contributed by atoms with Crippen molar-refractivity contribution in [2.24, 2.45) is 5.73 Å². The van der Waals surface area contributed by atoms with Crippen molar-refractivity contribution >= 4 is 22.5 Å². The second-order valence-electron chi connectivity index (χ2n) is 7.58. The number of nitrogens with two attached hydrogens (primary N) is 1. The third kappa shape index (κ3) is 4.81. The van der Waals surface area contributed by atoms with Crippen LogP contribution in [0.5, 0.6) is 11.5 Å². The molecule has 3 heterocycles. The number of unbranched alkanes of at least 4 members (excludes halogenated alkanes) is 1. The lowest BCUT2D eigenvalue weighted by Crippen LogP contribution is -2.38. The van der Waals surface area contributed by atoms with E-state index in [2.05, 4.69) is 20.4 Å². The molecule has 10 heteroatoms. The summed E-state index contributed by atoms with van der Waals surface area (Å²) in [7, 11) is 1.64. The number of fused-ring (bicyclic) bond motifs is 3. The maximum atomic E-state index is 6.11. The van der Waals surface area contributed by atoms with Crippen molar-refractivity contribution < 1.29 is 14.2 Å². The summed E-state index contributed by atoms with van der Waals surface area (Å²) < 4.78 is 19.1. The van der Waals surface area contributed by atoms with Gasteiger partial charge in [0.05, 0.1) is 31.4 Å². The van der Waals surface area contributed by atoms with Crippen molar-refractivity contribution in [1.29, 1.82) is 0 Å². The normalized spacial score (nSPS) is 14.9. The zero-order valence-electron chi connectivity index (χ0n) is 18.3. The van der Waals surface area contributed by atoms with Crippen molar-refractivity contribution in [3.63, 3.8) is 0 Å². The van der Waals surface area contributed by atoms with Gasteiger partial charge in [-0.2, -0.15) is 0 Å². The molecule has 31 heavy (non-hydrogen) atoms. The number of ether oxygens (including phenoxy) is 3. The van der Waals surface area contributed by atoms with Gasteiger partial charge in [-0.3, -0.25) is 9.30 Å². The van der Waals surface area contributed by atoms with Gasteiger partial charge in [0, 0.05) is 38.3 Å². The summed E-state index contributed by atoms with van der Waals surface area (Å²) in [6.07, 6.45) is 1.93. The fourth-order valence-electron chi connectivity index (χ4n) is 3.76. The van der Waals surface area contributed by atoms with E-state index < -0.39 is 0 Å². The van der Waals surface area contributed by atoms with Crippen LogP contribution in [0.3, 0.4) is 0 Å². The molecule has 1 fully saturated rings. The maximum Gasteiger partial charge on any atom is 0.204 e. The topological polar surface area (TPSA) is 112 Å². The number of nitrogens with zero attached hydrogens (tertiary/aromatic N) is 5. The van der Waals surface area contributed by atoms with Gasteiger partial charge in [0.2, 0.25) is 5.65 Å². The van der Waals surface area contributed by atoms with E-state index in [-0.39, 0.29) is 0 Å². The van der Waals surface area contributed by atoms with Crippen LogP contribution in [0.2, 0.25) is 0 Å². The molecule has 10 nitrogen and oxygen atoms in total. The van der Waals surface area contributed by atoms with Gasteiger partial charge in [-0.15, -0.1) is 10.2 Å². The van der Waals surface area contributed by atoms with Crippen LogP contribution in [-0.4, -0.2) is 84.1 Å². The molecule has 168 valence electrons. The Labute approximate surface area is 181 Å². The van der Waals surface area contributed by atoms with Crippen molar-refractivity contribution in [3.8, 4) is 11.5 Å². The van der Waals surface area contributed by atoms with E-state index in [1.807, 2.05) is 23.5 Å². The molecule has 0 amide bonds. The molecule has 1 aliphatic heterocycles. The van der Waals surface area contributed by atoms with Crippen molar-refractivity contribution in [2.75, 3.05) is 65.0 Å². The minimum absolute atomic E-state index is 0.570. The van der Waals surface area contributed by atoms with E-state index in [1.54, 1.807) is 7.11 Å². The Kier molecular flexibility index (Phi) is 7.00. The second kappa shape index (κ2) is 10.1. The highest BCUT2D eigenvalue weighted by molar-refractivity contribution is 5.85. The van der Waals surface area contributed by atoms with Crippen molar-refractivity contribution in [3.05, 3.63) is 18.0 Å². The molecule has 3 N–H and O–H groups in total. The summed E-state index contributed by atoms with van der Waals surface area (Å²) in [5.41, 5.74) is 7.96. The first-order valence-electron chi connectivity index (χ1n) is 10.8. The number of nitrogens with one attached hydrogen (secondary N) is 1. The number of benzene rings is 1. The smallest absolute Gasteiger partial charge is 0.204 e. The molecular weight excluding hydrogens is 398 g/mol. The van der Waals surface area contributed by atoms with Gasteiger partial charge < -0.3 is 25.3 Å². The Balaban J connectivity index is 1.61. The zero-order valence-corrected chi connectivity index (χ0v) is 18.3. The summed E-state index contributed by atoms with van der Waals surface area (Å²) in [6.45, 7) is 8.22. The van der Waals surface area contributed by atoms with Gasteiger partial charge in [-0.25, -0.2) is 4.98 Å². The zero-order chi connectivity index (χ0) is 21.6. The SMILES string of the molecule is COc1cc2nc(NCCCCN)c3nnc(C)n3c2cc1OCCN1CCOCC1. The minimum atomic E-state index is 0.570. The summed E-state index contributed by atoms with van der Waals surface area (Å²) in [5, 5.41) is 12.0. The Morgan fingerprint density at radius 1 is 1.16 bits per heavy atom. The van der Waals surface area contributed by atoms with E-state index in [1.165, 1.54) is 0 Å². The van der Waals surface area contributed by atoms with E-state index in [0.717, 1.165) is 69.1 Å². The van der Waals surface area contributed by atoms with Crippen molar-refractivity contribution in [2.45, 2.75) is 19.8 Å². The Hall–Kier alpha value is -2.69. The van der Waals surface area contributed by atoms with E-state index in [4.69, 9.17) is 24.9 Å². The third-order valence-corrected chi connectivity index (χ3v) is 5.46. The van der Waals surface area contributed by atoms with E-state index >= 15 is 0 Å². The summed E-state index contributed by atoms with van der Waals surface area (Å²) >= 11 is 0. The molecule has 3 aromatic rings. The quantitative estimate of drug-likeness (QED) is 0.463. The first-order chi connectivity index (χ1) is 15.2. The Morgan fingerprint density at radius 2 is 2.00 bits per heavy atom. The number of rotatable bonds is 10. The predicted octanol–water partition coefficient (Wildman–Crippen LogP) is 1.46. The molecule has 1 aromatic carbocycles. The fourth-order valence-corrected chi connectivity index (χ4v) is 3.76. The van der Waals surface area contributed by atoms with Gasteiger partial charge in [0.15, 0.2) is 17.3 Å². The molecule has 1 saturated heterocycles. The lowest BCUT2D eigenvalue weighted by atomic mass is 10.2. The highest BCUT2D eigenvalue weighted by Gasteiger charge is 2.17. The standard InChI is InChI=1S/C21H31N7O3/c1-15-25-26-21-20(23-6-4-3-5-22)24-16-13-18(29-2)19(14-17(16)28(15)21)31-12-9-27-7-10-30-11-8-27/h13-14H,3-12,22H2,1-2H3,(H,23,24). The molecular formula is C21H31N7O3. The number of morpholine rings is 1. The molecule has 1 aliphatic rings. The van der Waals surface area contributed by atoms with Crippen LogP contribution >= 0.6 is 0 Å². The molecule has 0 bridgehead atoms. The van der Waals surface area contributed by atoms with Crippen LogP contribution in [0.15, 0.2) is 12.1 Å². The average Bonchev–Trinajstić information content (AvgIpc) is 3.19. The fraction of sp³-hybridized carbons (Fsp3) is 0.571. The van der Waals surface area contributed by atoms with Gasteiger partial charge in [-0.1, -0.05) is 0 Å². The maximum absolute atomic E-state index is 6.11. The van der Waals surface area contributed by atoms with Gasteiger partial charge in [0.25, 0.3) is 0 Å². The molecule has 0 radical (unpaired) electrons. The summed E-state index contributed by atoms with van der Waals surface area (Å²) in [5.74, 6) is 2.83. The summed E-state index contributed by atoms with van der Waals surface area (Å²) in [6, 6.07) is 3.87. The van der Waals surface area contributed by atoms with Crippen LogP contribution in [0.25, 0.3) is 16.7 Å². The Morgan fingerprint density at radius 3 is 2.77 bits per heavy atom. The van der Waals surface area contributed by atoms with E-state index in [0.29, 0.717) is 36.1 Å². The molecule has 4 rings (SSSR count). The third-order valence-electron chi connectivity index (χ3n) is 5.46. The van der Waals surface area contributed by atoms with Crippen molar-refractivity contribution in [1.82, 2.24) is 24.5 Å².